The lowest BCUT2D eigenvalue weighted by Gasteiger charge is -2.24. The van der Waals surface area contributed by atoms with Crippen LogP contribution in [0.4, 0.5) is 4.39 Å². The number of ether oxygens (including phenoxy) is 2. The molecule has 0 saturated heterocycles. The standard InChI is InChI=1S/C30H33FN4O5S/c1-6-39-27(36)15-23(24-13-19(3)30-29(28(24)31)32-33-34(30)5)21-12-11-18(2)22(14-21)17-35-16-20(4)40-25-9-7-8-10-26(25)41(35,37)38/h7-14,20,23H,6,15-17H2,1-5H3/t20-,23?/m1/s1. The van der Waals surface area contributed by atoms with Crippen molar-refractivity contribution in [2.24, 2.45) is 7.05 Å². The highest BCUT2D eigenvalue weighted by molar-refractivity contribution is 7.89. The van der Waals surface area contributed by atoms with Crippen LogP contribution >= 0.6 is 0 Å². The Morgan fingerprint density at radius 3 is 2.68 bits per heavy atom. The summed E-state index contributed by atoms with van der Waals surface area (Å²) >= 11 is 0. The highest BCUT2D eigenvalue weighted by Crippen LogP contribution is 2.37. The number of benzene rings is 3. The molecule has 2 atom stereocenters. The average molecular weight is 581 g/mol. The van der Waals surface area contributed by atoms with Crippen molar-refractivity contribution < 1.29 is 27.1 Å². The Morgan fingerprint density at radius 2 is 1.93 bits per heavy atom. The molecule has 0 aliphatic carbocycles. The summed E-state index contributed by atoms with van der Waals surface area (Å²) in [6.45, 7) is 7.74. The highest BCUT2D eigenvalue weighted by Gasteiger charge is 2.34. The van der Waals surface area contributed by atoms with Gasteiger partial charge in [0.05, 0.1) is 25.1 Å². The summed E-state index contributed by atoms with van der Waals surface area (Å²) in [5, 5.41) is 8.00. The van der Waals surface area contributed by atoms with Crippen molar-refractivity contribution in [1.29, 1.82) is 0 Å². The molecule has 9 nitrogen and oxygen atoms in total. The number of para-hydroxylation sites is 1. The topological polar surface area (TPSA) is 104 Å². The molecule has 0 bridgehead atoms. The van der Waals surface area contributed by atoms with Crippen LogP contribution in [0, 0.1) is 19.7 Å². The van der Waals surface area contributed by atoms with Crippen molar-refractivity contribution >= 4 is 27.0 Å². The molecule has 0 spiro atoms. The van der Waals surface area contributed by atoms with E-state index in [4.69, 9.17) is 9.47 Å². The minimum atomic E-state index is -3.86. The third-order valence-electron chi connectivity index (χ3n) is 7.46. The molecule has 0 amide bonds. The Labute approximate surface area is 238 Å². The number of fused-ring (bicyclic) bond motifs is 2. The molecule has 216 valence electrons. The van der Waals surface area contributed by atoms with Crippen LogP contribution in [0.2, 0.25) is 0 Å². The van der Waals surface area contributed by atoms with Crippen LogP contribution < -0.4 is 4.74 Å². The Balaban J connectivity index is 1.58. The second-order valence-electron chi connectivity index (χ2n) is 10.4. The zero-order valence-corrected chi connectivity index (χ0v) is 24.5. The first kappa shape index (κ1) is 28.7. The van der Waals surface area contributed by atoms with Gasteiger partial charge in [-0.05, 0) is 67.6 Å². The van der Waals surface area contributed by atoms with E-state index in [0.29, 0.717) is 22.4 Å². The number of halogens is 1. The van der Waals surface area contributed by atoms with Gasteiger partial charge in [0.25, 0.3) is 0 Å². The second-order valence-corrected chi connectivity index (χ2v) is 12.3. The molecule has 1 aromatic heterocycles. The number of rotatable bonds is 7. The molecule has 3 aromatic carbocycles. The van der Waals surface area contributed by atoms with Crippen LogP contribution in [0.5, 0.6) is 5.75 Å². The van der Waals surface area contributed by atoms with Crippen molar-refractivity contribution in [2.45, 2.75) is 57.6 Å². The van der Waals surface area contributed by atoms with Gasteiger partial charge in [0, 0.05) is 19.5 Å². The third-order valence-corrected chi connectivity index (χ3v) is 9.31. The van der Waals surface area contributed by atoms with Gasteiger partial charge in [-0.1, -0.05) is 41.6 Å². The fourth-order valence-corrected chi connectivity index (χ4v) is 7.07. The molecule has 2 heterocycles. The first-order chi connectivity index (χ1) is 19.5. The lowest BCUT2D eigenvalue weighted by molar-refractivity contribution is -0.143. The fourth-order valence-electron chi connectivity index (χ4n) is 5.45. The van der Waals surface area contributed by atoms with Crippen LogP contribution in [0.1, 0.15) is 54.0 Å². The molecule has 5 rings (SSSR count). The molecule has 0 radical (unpaired) electrons. The summed E-state index contributed by atoms with van der Waals surface area (Å²) in [6, 6.07) is 13.9. The van der Waals surface area contributed by atoms with Crippen molar-refractivity contribution in [1.82, 2.24) is 19.3 Å². The summed E-state index contributed by atoms with van der Waals surface area (Å²) in [6.07, 6.45) is -0.470. The number of esters is 1. The van der Waals surface area contributed by atoms with Crippen LogP contribution in [0.25, 0.3) is 11.0 Å². The molecule has 4 aromatic rings. The predicted molar refractivity (Wildman–Crippen MR) is 152 cm³/mol. The van der Waals surface area contributed by atoms with Gasteiger partial charge in [0.15, 0.2) is 5.82 Å². The van der Waals surface area contributed by atoms with Gasteiger partial charge in [-0.15, -0.1) is 5.10 Å². The van der Waals surface area contributed by atoms with E-state index < -0.39 is 27.7 Å². The van der Waals surface area contributed by atoms with E-state index >= 15 is 4.39 Å². The SMILES string of the molecule is CCOC(=O)CC(c1ccc(C)c(CN2C[C@@H](C)Oc3ccccc3S2(=O)=O)c1)c1cc(C)c2c(nnn2C)c1F. The summed E-state index contributed by atoms with van der Waals surface area (Å²) in [5.41, 5.74) is 4.05. The van der Waals surface area contributed by atoms with Gasteiger partial charge >= 0.3 is 5.97 Å². The van der Waals surface area contributed by atoms with Crippen molar-refractivity contribution in [3.8, 4) is 5.75 Å². The van der Waals surface area contributed by atoms with E-state index in [9.17, 15) is 13.2 Å². The van der Waals surface area contributed by atoms with Crippen molar-refractivity contribution in [3.63, 3.8) is 0 Å². The zero-order chi connectivity index (χ0) is 29.5. The summed E-state index contributed by atoms with van der Waals surface area (Å²) in [4.78, 5) is 12.8. The summed E-state index contributed by atoms with van der Waals surface area (Å²) in [5.74, 6) is -1.38. The van der Waals surface area contributed by atoms with Crippen LogP contribution in [-0.2, 0) is 33.1 Å². The van der Waals surface area contributed by atoms with Crippen LogP contribution in [-0.4, -0.2) is 52.9 Å². The lowest BCUT2D eigenvalue weighted by atomic mass is 9.85. The van der Waals surface area contributed by atoms with Gasteiger partial charge in [-0.3, -0.25) is 4.79 Å². The number of sulfonamides is 1. The average Bonchev–Trinajstić information content (AvgIpc) is 3.29. The number of hydrogen-bond donors (Lipinski definition) is 0. The Kier molecular flexibility index (Phi) is 7.85. The molecule has 41 heavy (non-hydrogen) atoms. The normalized spacial score (nSPS) is 17.5. The zero-order valence-electron chi connectivity index (χ0n) is 23.7. The van der Waals surface area contributed by atoms with Crippen LogP contribution in [0.15, 0.2) is 53.4 Å². The van der Waals surface area contributed by atoms with E-state index in [1.165, 1.54) is 8.99 Å². The summed E-state index contributed by atoms with van der Waals surface area (Å²) in [7, 11) is -2.16. The van der Waals surface area contributed by atoms with E-state index in [-0.39, 0.29) is 42.6 Å². The molecule has 1 aliphatic heterocycles. The van der Waals surface area contributed by atoms with Gasteiger partial charge < -0.3 is 9.47 Å². The van der Waals surface area contributed by atoms with Gasteiger partial charge in [0.2, 0.25) is 10.0 Å². The maximum Gasteiger partial charge on any atom is 0.306 e. The Morgan fingerprint density at radius 1 is 1.17 bits per heavy atom. The number of hydrogen-bond acceptors (Lipinski definition) is 7. The quantitative estimate of drug-likeness (QED) is 0.290. The van der Waals surface area contributed by atoms with Gasteiger partial charge in [0.1, 0.15) is 22.3 Å². The van der Waals surface area contributed by atoms with E-state index in [2.05, 4.69) is 10.3 Å². The first-order valence-electron chi connectivity index (χ1n) is 13.5. The molecular weight excluding hydrogens is 547 g/mol. The number of aryl methyl sites for hydroxylation is 3. The first-order valence-corrected chi connectivity index (χ1v) is 14.9. The van der Waals surface area contributed by atoms with E-state index in [1.54, 1.807) is 44.3 Å². The van der Waals surface area contributed by atoms with Crippen LogP contribution in [0.3, 0.4) is 0 Å². The maximum absolute atomic E-state index is 15.9. The van der Waals surface area contributed by atoms with Crippen molar-refractivity contribution in [2.75, 3.05) is 13.2 Å². The highest BCUT2D eigenvalue weighted by atomic mass is 32.2. The third kappa shape index (κ3) is 5.43. The molecule has 0 fully saturated rings. The molecule has 1 aliphatic rings. The Hall–Kier alpha value is -3.83. The lowest BCUT2D eigenvalue weighted by Crippen LogP contribution is -2.35. The number of aromatic nitrogens is 3. The Bertz CT molecular complexity index is 1740. The fraction of sp³-hybridized carbons (Fsp3) is 0.367. The maximum atomic E-state index is 15.9. The van der Waals surface area contributed by atoms with Gasteiger partial charge in [-0.25, -0.2) is 17.5 Å². The number of carbonyl (C=O) groups is 1. The monoisotopic (exact) mass is 580 g/mol. The van der Waals surface area contributed by atoms with Gasteiger partial charge in [-0.2, -0.15) is 4.31 Å². The largest absolute Gasteiger partial charge is 0.488 e. The smallest absolute Gasteiger partial charge is 0.306 e. The minimum Gasteiger partial charge on any atom is -0.488 e. The van der Waals surface area contributed by atoms with E-state index in [0.717, 1.165) is 16.7 Å². The predicted octanol–water partition coefficient (Wildman–Crippen LogP) is 4.78. The molecule has 11 heteroatoms. The van der Waals surface area contributed by atoms with Crippen molar-refractivity contribution in [3.05, 3.63) is 82.2 Å². The van der Waals surface area contributed by atoms with E-state index in [1.807, 2.05) is 39.0 Å². The summed E-state index contributed by atoms with van der Waals surface area (Å²) < 4.78 is 57.4. The second kappa shape index (κ2) is 11.2. The molecule has 0 saturated carbocycles. The molecular formula is C30H33FN4O5S. The molecule has 0 N–H and O–H groups in total. The number of carbonyl (C=O) groups excluding carboxylic acids is 1. The molecule has 1 unspecified atom stereocenters. The minimum absolute atomic E-state index is 0.0842. The number of nitrogens with zero attached hydrogens (tertiary/aromatic N) is 4.